The van der Waals surface area contributed by atoms with Crippen LogP contribution in [-0.2, 0) is 28.6 Å². The van der Waals surface area contributed by atoms with E-state index in [2.05, 4.69) is 0 Å². The predicted octanol–water partition coefficient (Wildman–Crippen LogP) is 0.800. The average Bonchev–Trinajstić information content (AvgIpc) is 1.25. The van der Waals surface area contributed by atoms with Gasteiger partial charge in [-0.3, -0.25) is 9.13 Å². The minimum absolute atomic E-state index is 0. The predicted molar refractivity (Wildman–Crippen MR) is 41.0 cm³/mol. The van der Waals surface area contributed by atoms with Crippen LogP contribution in [0.2, 0.25) is 0 Å². The Morgan fingerprint density at radius 3 is 1.00 bits per heavy atom. The fourth-order valence-electron chi connectivity index (χ4n) is 0. The third kappa shape index (κ3) is 573. The molecular weight excluding hydrogens is 227 g/mol. The smallest absolute Gasteiger partial charge is 0.186 e. The van der Waals surface area contributed by atoms with Crippen LogP contribution < -0.4 is 0 Å². The first-order valence-electron chi connectivity index (χ1n) is 1.86. The van der Waals surface area contributed by atoms with Gasteiger partial charge in [-0.25, -0.2) is 0 Å². The SMILES string of the molecule is C.C[PH](=O)O.C[PH](=O)O.[Zn]. The number of rotatable bonds is 0. The van der Waals surface area contributed by atoms with E-state index in [9.17, 15) is 9.13 Å². The monoisotopic (exact) mass is 240 g/mol. The molecule has 0 aliphatic carbocycles. The van der Waals surface area contributed by atoms with Crippen LogP contribution in [0.15, 0.2) is 0 Å². The summed E-state index contributed by atoms with van der Waals surface area (Å²) in [5.74, 6) is 0. The maximum absolute atomic E-state index is 9.19. The van der Waals surface area contributed by atoms with Crippen LogP contribution >= 0.6 is 16.1 Å². The van der Waals surface area contributed by atoms with E-state index in [0.29, 0.717) is 0 Å². The summed E-state index contributed by atoms with van der Waals surface area (Å²) in [6, 6.07) is 0. The Kier molecular flexibility index (Phi) is 37.1. The molecule has 0 spiro atoms. The van der Waals surface area contributed by atoms with Gasteiger partial charge in [0.1, 0.15) is 0 Å². The molecule has 10 heavy (non-hydrogen) atoms. The molecular formula is C3H14O4P2Zn. The van der Waals surface area contributed by atoms with Gasteiger partial charge >= 0.3 is 0 Å². The van der Waals surface area contributed by atoms with E-state index in [-0.39, 0.29) is 26.9 Å². The maximum atomic E-state index is 9.19. The third-order valence-corrected chi connectivity index (χ3v) is 0. The Bertz CT molecular complexity index is 76.5. The van der Waals surface area contributed by atoms with Crippen molar-refractivity contribution in [1.29, 1.82) is 0 Å². The Morgan fingerprint density at radius 1 is 1.00 bits per heavy atom. The maximum Gasteiger partial charge on any atom is 0.186 e. The molecule has 2 unspecified atom stereocenters. The van der Waals surface area contributed by atoms with E-state index < -0.39 is 16.1 Å². The minimum atomic E-state index is -2.13. The Hall–Kier alpha value is 1.00. The summed E-state index contributed by atoms with van der Waals surface area (Å²) in [5, 5.41) is 0. The molecule has 0 aromatic carbocycles. The first-order valence-corrected chi connectivity index (χ1v) is 5.57. The van der Waals surface area contributed by atoms with Gasteiger partial charge in [0.05, 0.1) is 0 Å². The van der Waals surface area contributed by atoms with Crippen molar-refractivity contribution in [2.75, 3.05) is 13.3 Å². The van der Waals surface area contributed by atoms with Gasteiger partial charge in [0.2, 0.25) is 0 Å². The van der Waals surface area contributed by atoms with Crippen LogP contribution in [0.25, 0.3) is 0 Å². The normalized spacial score (nSPS) is 12.4. The second-order valence-electron chi connectivity index (χ2n) is 1.04. The molecule has 7 heteroatoms. The largest absolute Gasteiger partial charge is 0.346 e. The van der Waals surface area contributed by atoms with Crippen LogP contribution in [0.5, 0.6) is 0 Å². The second-order valence-corrected chi connectivity index (χ2v) is 3.11. The fourth-order valence-corrected chi connectivity index (χ4v) is 0. The van der Waals surface area contributed by atoms with Crippen molar-refractivity contribution in [2.45, 2.75) is 7.43 Å². The van der Waals surface area contributed by atoms with Gasteiger partial charge in [-0.2, -0.15) is 0 Å². The molecule has 0 heterocycles. The van der Waals surface area contributed by atoms with E-state index in [4.69, 9.17) is 9.79 Å². The zero-order valence-electron chi connectivity index (χ0n) is 5.42. The summed E-state index contributed by atoms with van der Waals surface area (Å²) in [6.45, 7) is 2.54. The molecule has 0 rings (SSSR count). The quantitative estimate of drug-likeness (QED) is 0.486. The van der Waals surface area contributed by atoms with E-state index in [1.807, 2.05) is 0 Å². The van der Waals surface area contributed by atoms with Gasteiger partial charge in [-0.05, 0) is 0 Å². The zero-order valence-corrected chi connectivity index (χ0v) is 10.4. The molecule has 0 saturated heterocycles. The van der Waals surface area contributed by atoms with E-state index in [1.54, 1.807) is 0 Å². The van der Waals surface area contributed by atoms with E-state index in [1.165, 1.54) is 13.3 Å². The first kappa shape index (κ1) is 22.4. The molecule has 2 atom stereocenters. The van der Waals surface area contributed by atoms with E-state index >= 15 is 0 Å². The van der Waals surface area contributed by atoms with Crippen LogP contribution in [0.4, 0.5) is 0 Å². The number of hydrogen-bond donors (Lipinski definition) is 2. The van der Waals surface area contributed by atoms with E-state index in [0.717, 1.165) is 0 Å². The van der Waals surface area contributed by atoms with Gasteiger partial charge in [-0.1, -0.05) is 7.43 Å². The molecule has 2 N–H and O–H groups in total. The summed E-state index contributed by atoms with van der Waals surface area (Å²) in [4.78, 5) is 15.2. The summed E-state index contributed by atoms with van der Waals surface area (Å²) in [6.07, 6.45) is 0. The van der Waals surface area contributed by atoms with Crippen LogP contribution in [0.1, 0.15) is 7.43 Å². The van der Waals surface area contributed by atoms with Gasteiger partial charge in [-0.15, -0.1) is 0 Å². The molecule has 0 aliphatic rings. The fraction of sp³-hybridized carbons (Fsp3) is 1.00. The third-order valence-electron chi connectivity index (χ3n) is 0. The molecule has 0 bridgehead atoms. The molecule has 0 saturated carbocycles. The van der Waals surface area contributed by atoms with Gasteiger partial charge < -0.3 is 9.79 Å². The topological polar surface area (TPSA) is 74.6 Å². The summed E-state index contributed by atoms with van der Waals surface area (Å²) >= 11 is 0. The van der Waals surface area contributed by atoms with Crippen LogP contribution in [0, 0.1) is 0 Å². The van der Waals surface area contributed by atoms with Gasteiger partial charge in [0.25, 0.3) is 0 Å². The number of hydrogen-bond acceptors (Lipinski definition) is 2. The van der Waals surface area contributed by atoms with Crippen molar-refractivity contribution in [3.63, 3.8) is 0 Å². The van der Waals surface area contributed by atoms with Crippen LogP contribution in [-0.4, -0.2) is 23.1 Å². The molecule has 0 amide bonds. The van der Waals surface area contributed by atoms with Crippen molar-refractivity contribution < 1.29 is 38.4 Å². The van der Waals surface area contributed by atoms with Crippen molar-refractivity contribution in [1.82, 2.24) is 0 Å². The van der Waals surface area contributed by atoms with Crippen molar-refractivity contribution in [3.05, 3.63) is 0 Å². The van der Waals surface area contributed by atoms with Crippen LogP contribution in [0.3, 0.4) is 0 Å². The summed E-state index contributed by atoms with van der Waals surface area (Å²) in [7, 11) is -4.26. The Morgan fingerprint density at radius 2 is 1.00 bits per heavy atom. The minimum Gasteiger partial charge on any atom is -0.346 e. The molecule has 0 aromatic rings. The van der Waals surface area contributed by atoms with Crippen molar-refractivity contribution in [3.8, 4) is 0 Å². The van der Waals surface area contributed by atoms with Crippen molar-refractivity contribution >= 4 is 16.1 Å². The molecule has 62 valence electrons. The Balaban J connectivity index is -0.0000000300. The zero-order chi connectivity index (χ0) is 7.15. The summed E-state index contributed by atoms with van der Waals surface area (Å²) in [5.41, 5.74) is 0. The molecule has 0 radical (unpaired) electrons. The van der Waals surface area contributed by atoms with Gasteiger partial charge in [0, 0.05) is 32.8 Å². The Labute approximate surface area is 75.5 Å². The molecule has 0 aliphatic heterocycles. The standard InChI is InChI=1S/2CH5O2P.CH4.Zn/c2*1-4(2)3;;/h2*4H,1H3,(H,2,3);1H4;. The van der Waals surface area contributed by atoms with Gasteiger partial charge in [0.15, 0.2) is 16.1 Å². The molecule has 0 fully saturated rings. The average molecular weight is 241 g/mol. The summed E-state index contributed by atoms with van der Waals surface area (Å²) < 4.78 is 18.4. The second kappa shape index (κ2) is 16.5. The first-order chi connectivity index (χ1) is 3.46. The van der Waals surface area contributed by atoms with Crippen molar-refractivity contribution in [2.24, 2.45) is 0 Å². The molecule has 0 aromatic heterocycles. The molecule has 4 nitrogen and oxygen atoms in total.